The normalized spacial score (nSPS) is 14.0. The molecule has 1 aliphatic heterocycles. The molecular weight excluding hydrogens is 344 g/mol. The predicted octanol–water partition coefficient (Wildman–Crippen LogP) is 2.84. The summed E-state index contributed by atoms with van der Waals surface area (Å²) in [5.41, 5.74) is 3.80. The highest BCUT2D eigenvalue weighted by molar-refractivity contribution is 5.90. The maximum absolute atomic E-state index is 12.2. The number of aromatic amines is 1. The van der Waals surface area contributed by atoms with Gasteiger partial charge < -0.3 is 10.4 Å². The Kier molecular flexibility index (Phi) is 6.24. The quantitative estimate of drug-likeness (QED) is 0.664. The van der Waals surface area contributed by atoms with Gasteiger partial charge in [0.2, 0.25) is 5.91 Å². The second-order valence-electron chi connectivity index (χ2n) is 6.96. The molecule has 1 amide bonds. The van der Waals surface area contributed by atoms with Gasteiger partial charge in [-0.25, -0.2) is 4.79 Å². The number of fused-ring (bicyclic) bond motifs is 1. The highest BCUT2D eigenvalue weighted by atomic mass is 16.4. The van der Waals surface area contributed by atoms with E-state index in [0.29, 0.717) is 19.5 Å². The lowest BCUT2D eigenvalue weighted by Gasteiger charge is -2.26. The number of carbonyl (C=O) groups excluding carboxylic acids is 1. The van der Waals surface area contributed by atoms with Crippen LogP contribution in [0.3, 0.4) is 0 Å². The van der Waals surface area contributed by atoms with Crippen molar-refractivity contribution in [2.75, 3.05) is 18.4 Å². The van der Waals surface area contributed by atoms with Crippen molar-refractivity contribution < 1.29 is 14.7 Å². The Hall–Kier alpha value is -2.67. The third-order valence-corrected chi connectivity index (χ3v) is 4.93. The number of carboxylic acids is 1. The summed E-state index contributed by atoms with van der Waals surface area (Å²) < 4.78 is 0. The summed E-state index contributed by atoms with van der Waals surface area (Å²) in [6.45, 7) is 4.05. The molecule has 2 aromatic rings. The Labute approximate surface area is 158 Å². The topological polar surface area (TPSA) is 98.3 Å². The van der Waals surface area contributed by atoms with Crippen LogP contribution in [-0.4, -0.2) is 45.2 Å². The molecule has 144 valence electrons. The number of anilines is 1. The first kappa shape index (κ1) is 19.1. The second kappa shape index (κ2) is 8.81. The number of nitrogens with one attached hydrogen (secondary N) is 2. The van der Waals surface area contributed by atoms with Crippen LogP contribution in [0.1, 0.15) is 53.5 Å². The molecule has 0 fully saturated rings. The molecule has 0 unspecified atom stereocenters. The molecule has 0 saturated carbocycles. The molecule has 0 spiro atoms. The molecule has 0 radical (unpaired) electrons. The summed E-state index contributed by atoms with van der Waals surface area (Å²) in [7, 11) is 0. The number of unbranched alkanes of at least 4 members (excludes halogenated alkanes) is 1. The van der Waals surface area contributed by atoms with Crippen molar-refractivity contribution in [1.82, 2.24) is 15.1 Å². The fourth-order valence-corrected chi connectivity index (χ4v) is 3.34. The molecule has 0 aliphatic carbocycles. The minimum Gasteiger partial charge on any atom is -0.476 e. The lowest BCUT2D eigenvalue weighted by atomic mass is 10.1. The standard InChI is InChI=1S/C20H26N4O3/c1-2-3-4-14-5-7-15(8-6-14)21-18(25)10-12-24-11-9-17-16(13-24)19(20(26)27)23-22-17/h5-8H,2-4,9-13H2,1H3,(H,21,25)(H,22,23)(H,26,27). The first-order chi connectivity index (χ1) is 13.1. The Morgan fingerprint density at radius 1 is 1.30 bits per heavy atom. The number of nitrogens with zero attached hydrogens (tertiary/aromatic N) is 2. The monoisotopic (exact) mass is 370 g/mol. The van der Waals surface area contributed by atoms with Gasteiger partial charge in [-0.05, 0) is 30.5 Å². The summed E-state index contributed by atoms with van der Waals surface area (Å²) in [5, 5.41) is 18.8. The van der Waals surface area contributed by atoms with Crippen LogP contribution in [0.25, 0.3) is 0 Å². The van der Waals surface area contributed by atoms with E-state index >= 15 is 0 Å². The maximum Gasteiger partial charge on any atom is 0.356 e. The van der Waals surface area contributed by atoms with Gasteiger partial charge in [-0.2, -0.15) is 5.10 Å². The third kappa shape index (κ3) is 4.95. The van der Waals surface area contributed by atoms with E-state index in [9.17, 15) is 14.7 Å². The zero-order valence-corrected chi connectivity index (χ0v) is 15.6. The van der Waals surface area contributed by atoms with Gasteiger partial charge in [0.05, 0.1) is 0 Å². The minimum absolute atomic E-state index is 0.0345. The zero-order chi connectivity index (χ0) is 19.2. The number of hydrogen-bond acceptors (Lipinski definition) is 4. The fourth-order valence-electron chi connectivity index (χ4n) is 3.34. The summed E-state index contributed by atoms with van der Waals surface area (Å²) in [6, 6.07) is 8.01. The SMILES string of the molecule is CCCCc1ccc(NC(=O)CCN2CCc3[nH]nc(C(=O)O)c3C2)cc1. The highest BCUT2D eigenvalue weighted by Gasteiger charge is 2.25. The molecule has 7 heteroatoms. The van der Waals surface area contributed by atoms with E-state index in [0.717, 1.165) is 36.3 Å². The van der Waals surface area contributed by atoms with Crippen LogP contribution in [0.2, 0.25) is 0 Å². The van der Waals surface area contributed by atoms with E-state index in [1.165, 1.54) is 18.4 Å². The van der Waals surface area contributed by atoms with Crippen molar-refractivity contribution in [3.05, 3.63) is 46.8 Å². The Bertz CT molecular complexity index is 798. The molecule has 0 bridgehead atoms. The van der Waals surface area contributed by atoms with Crippen molar-refractivity contribution in [3.8, 4) is 0 Å². The van der Waals surface area contributed by atoms with Gasteiger partial charge in [0, 0.05) is 49.4 Å². The summed E-state index contributed by atoms with van der Waals surface area (Å²) >= 11 is 0. The average molecular weight is 370 g/mol. The first-order valence-corrected chi connectivity index (χ1v) is 9.47. The summed E-state index contributed by atoms with van der Waals surface area (Å²) in [6.07, 6.45) is 4.49. The molecular formula is C20H26N4O3. The van der Waals surface area contributed by atoms with Crippen molar-refractivity contribution >= 4 is 17.6 Å². The van der Waals surface area contributed by atoms with Gasteiger partial charge in [0.25, 0.3) is 0 Å². The van der Waals surface area contributed by atoms with E-state index in [4.69, 9.17) is 0 Å². The van der Waals surface area contributed by atoms with E-state index in [1.54, 1.807) is 0 Å². The second-order valence-corrected chi connectivity index (χ2v) is 6.96. The van der Waals surface area contributed by atoms with Gasteiger partial charge in [-0.1, -0.05) is 25.5 Å². The smallest absolute Gasteiger partial charge is 0.356 e. The number of rotatable bonds is 8. The van der Waals surface area contributed by atoms with E-state index in [-0.39, 0.29) is 11.6 Å². The Balaban J connectivity index is 1.48. The van der Waals surface area contributed by atoms with Crippen molar-refractivity contribution in [1.29, 1.82) is 0 Å². The van der Waals surface area contributed by atoms with Crippen molar-refractivity contribution in [3.63, 3.8) is 0 Å². The molecule has 27 heavy (non-hydrogen) atoms. The van der Waals surface area contributed by atoms with E-state index in [2.05, 4.69) is 39.5 Å². The van der Waals surface area contributed by atoms with E-state index in [1.807, 2.05) is 12.1 Å². The Morgan fingerprint density at radius 3 is 2.78 bits per heavy atom. The lowest BCUT2D eigenvalue weighted by molar-refractivity contribution is -0.116. The predicted molar refractivity (Wildman–Crippen MR) is 103 cm³/mol. The number of carbonyl (C=O) groups is 2. The van der Waals surface area contributed by atoms with Crippen LogP contribution < -0.4 is 5.32 Å². The summed E-state index contributed by atoms with van der Waals surface area (Å²) in [5.74, 6) is -1.05. The fraction of sp³-hybridized carbons (Fsp3) is 0.450. The first-order valence-electron chi connectivity index (χ1n) is 9.47. The molecule has 3 rings (SSSR count). The van der Waals surface area contributed by atoms with Gasteiger partial charge in [-0.15, -0.1) is 0 Å². The highest BCUT2D eigenvalue weighted by Crippen LogP contribution is 2.20. The summed E-state index contributed by atoms with van der Waals surface area (Å²) in [4.78, 5) is 25.6. The Morgan fingerprint density at radius 2 is 2.07 bits per heavy atom. The van der Waals surface area contributed by atoms with Crippen molar-refractivity contribution in [2.24, 2.45) is 0 Å². The number of H-pyrrole nitrogens is 1. The molecule has 1 aliphatic rings. The van der Waals surface area contributed by atoms with Crippen molar-refractivity contribution in [2.45, 2.75) is 45.6 Å². The molecule has 1 aromatic carbocycles. The molecule has 1 aromatic heterocycles. The zero-order valence-electron chi connectivity index (χ0n) is 15.6. The molecule has 7 nitrogen and oxygen atoms in total. The van der Waals surface area contributed by atoms with Crippen LogP contribution in [-0.2, 0) is 24.2 Å². The molecule has 0 saturated heterocycles. The number of benzene rings is 1. The lowest BCUT2D eigenvalue weighted by Crippen LogP contribution is -2.33. The number of hydrogen-bond donors (Lipinski definition) is 3. The molecule has 0 atom stereocenters. The number of aromatic nitrogens is 2. The maximum atomic E-state index is 12.2. The van der Waals surface area contributed by atoms with Crippen LogP contribution in [0, 0.1) is 0 Å². The third-order valence-electron chi connectivity index (χ3n) is 4.93. The largest absolute Gasteiger partial charge is 0.476 e. The van der Waals surface area contributed by atoms with Gasteiger partial charge in [0.1, 0.15) is 0 Å². The van der Waals surface area contributed by atoms with Crippen LogP contribution in [0.15, 0.2) is 24.3 Å². The van der Waals surface area contributed by atoms with Crippen LogP contribution in [0.5, 0.6) is 0 Å². The number of amides is 1. The minimum atomic E-state index is -1.02. The molecule has 3 N–H and O–H groups in total. The number of carboxylic acid groups (broad SMARTS) is 1. The van der Waals surface area contributed by atoms with Gasteiger partial charge in [0.15, 0.2) is 5.69 Å². The van der Waals surface area contributed by atoms with E-state index < -0.39 is 5.97 Å². The van der Waals surface area contributed by atoms with Crippen LogP contribution in [0.4, 0.5) is 5.69 Å². The van der Waals surface area contributed by atoms with Gasteiger partial charge >= 0.3 is 5.97 Å². The number of aromatic carboxylic acids is 1. The van der Waals surface area contributed by atoms with Crippen LogP contribution >= 0.6 is 0 Å². The molecule has 2 heterocycles. The van der Waals surface area contributed by atoms with Gasteiger partial charge in [-0.3, -0.25) is 14.8 Å². The number of aryl methyl sites for hydroxylation is 1. The average Bonchev–Trinajstić information content (AvgIpc) is 3.09.